The number of carboxylic acid groups (broad SMARTS) is 1. The minimum Gasteiger partial charge on any atom is -0.507 e. The molecule has 3 aromatic rings. The Hall–Kier alpha value is -4.04. The number of ketones is 1. The second kappa shape index (κ2) is 9.07. The number of nitrogens with zero attached hydrogens (tertiary/aromatic N) is 1. The van der Waals surface area contributed by atoms with E-state index in [9.17, 15) is 19.5 Å². The molecule has 0 spiro atoms. The Morgan fingerprint density at radius 3 is 2.44 bits per heavy atom. The van der Waals surface area contributed by atoms with Crippen molar-refractivity contribution in [1.82, 2.24) is 4.90 Å². The molecule has 9 heteroatoms. The highest BCUT2D eigenvalue weighted by molar-refractivity contribution is 6.46. The van der Waals surface area contributed by atoms with Crippen LogP contribution in [0.25, 0.3) is 5.76 Å². The van der Waals surface area contributed by atoms with E-state index in [4.69, 9.17) is 25.9 Å². The Balaban J connectivity index is 1.84. The maximum Gasteiger partial charge on any atom is 0.335 e. The van der Waals surface area contributed by atoms with Crippen molar-refractivity contribution in [2.45, 2.75) is 19.5 Å². The lowest BCUT2D eigenvalue weighted by molar-refractivity contribution is -0.140. The number of methoxy groups -OCH3 is 1. The van der Waals surface area contributed by atoms with E-state index in [2.05, 4.69) is 0 Å². The van der Waals surface area contributed by atoms with Crippen LogP contribution in [0.1, 0.15) is 38.9 Å². The number of furan rings is 1. The van der Waals surface area contributed by atoms with Crippen molar-refractivity contribution >= 4 is 35.0 Å². The van der Waals surface area contributed by atoms with E-state index in [1.807, 2.05) is 0 Å². The zero-order valence-electron chi connectivity index (χ0n) is 18.2. The molecule has 34 heavy (non-hydrogen) atoms. The van der Waals surface area contributed by atoms with E-state index < -0.39 is 29.5 Å². The third-order valence-corrected chi connectivity index (χ3v) is 5.83. The van der Waals surface area contributed by atoms with Crippen LogP contribution in [0.2, 0.25) is 5.02 Å². The van der Waals surface area contributed by atoms with Gasteiger partial charge in [0.05, 0.1) is 35.1 Å². The van der Waals surface area contributed by atoms with E-state index >= 15 is 0 Å². The molecule has 1 fully saturated rings. The standard InChI is InChI=1S/C25H20ClNO7/c1-13-10-16(23(33-2)17(26)11-13)21(28)19-20(18-4-3-9-34-18)27(24(30)22(19)29)12-14-5-7-15(8-6-14)25(31)32/h3-11,20,28H,12H2,1-2H3,(H,31,32)/b21-19-. The van der Waals surface area contributed by atoms with Crippen LogP contribution in [0.4, 0.5) is 0 Å². The number of carbonyl (C=O) groups excluding carboxylic acids is 2. The number of ether oxygens (including phenoxy) is 1. The molecule has 1 aromatic heterocycles. The highest BCUT2D eigenvalue weighted by atomic mass is 35.5. The molecule has 0 bridgehead atoms. The number of aliphatic hydroxyl groups is 1. The van der Waals surface area contributed by atoms with Gasteiger partial charge < -0.3 is 24.3 Å². The molecule has 2 aromatic carbocycles. The van der Waals surface area contributed by atoms with Crippen molar-refractivity contribution in [3.8, 4) is 5.75 Å². The second-order valence-corrected chi connectivity index (χ2v) is 8.18. The van der Waals surface area contributed by atoms with Crippen molar-refractivity contribution in [1.29, 1.82) is 0 Å². The summed E-state index contributed by atoms with van der Waals surface area (Å²) in [4.78, 5) is 38.6. The number of hydrogen-bond donors (Lipinski definition) is 2. The normalized spacial score (nSPS) is 17.3. The summed E-state index contributed by atoms with van der Waals surface area (Å²) in [6.45, 7) is 1.75. The molecule has 1 aliphatic heterocycles. The number of benzene rings is 2. The van der Waals surface area contributed by atoms with Crippen molar-refractivity contribution in [2.75, 3.05) is 7.11 Å². The van der Waals surface area contributed by atoms with Gasteiger partial charge in [0.25, 0.3) is 11.7 Å². The number of amides is 1. The van der Waals surface area contributed by atoms with Gasteiger partial charge in [-0.25, -0.2) is 4.79 Å². The number of likely N-dealkylation sites (tertiary alicyclic amines) is 1. The van der Waals surface area contributed by atoms with Crippen LogP contribution in [0.15, 0.2) is 64.8 Å². The van der Waals surface area contributed by atoms with E-state index in [0.29, 0.717) is 5.56 Å². The molecule has 2 heterocycles. The maximum atomic E-state index is 13.1. The topological polar surface area (TPSA) is 117 Å². The number of Topliss-reactive ketones (excluding diaryl/α,β-unsaturated/α-hetero) is 1. The van der Waals surface area contributed by atoms with Crippen molar-refractivity contribution in [3.63, 3.8) is 0 Å². The zero-order chi connectivity index (χ0) is 24.6. The van der Waals surface area contributed by atoms with Crippen molar-refractivity contribution in [3.05, 3.63) is 93.4 Å². The number of aromatic carboxylic acids is 1. The highest BCUT2D eigenvalue weighted by Gasteiger charge is 2.47. The minimum atomic E-state index is -1.08. The summed E-state index contributed by atoms with van der Waals surface area (Å²) < 4.78 is 10.9. The van der Waals surface area contributed by atoms with Gasteiger partial charge in [0.1, 0.15) is 23.3 Å². The molecule has 174 valence electrons. The van der Waals surface area contributed by atoms with Gasteiger partial charge in [-0.2, -0.15) is 0 Å². The molecule has 2 N–H and O–H groups in total. The average Bonchev–Trinajstić information content (AvgIpc) is 3.41. The Bertz CT molecular complexity index is 1310. The van der Waals surface area contributed by atoms with Gasteiger partial charge >= 0.3 is 5.97 Å². The molecular weight excluding hydrogens is 462 g/mol. The number of carbonyl (C=O) groups is 3. The van der Waals surface area contributed by atoms with E-state index in [-0.39, 0.29) is 39.8 Å². The van der Waals surface area contributed by atoms with Crippen LogP contribution in [0.3, 0.4) is 0 Å². The number of aryl methyl sites for hydroxylation is 1. The first-order valence-corrected chi connectivity index (χ1v) is 10.6. The highest BCUT2D eigenvalue weighted by Crippen LogP contribution is 2.43. The molecule has 0 aliphatic carbocycles. The third kappa shape index (κ3) is 4.04. The van der Waals surface area contributed by atoms with Crippen LogP contribution in [0.5, 0.6) is 5.75 Å². The van der Waals surface area contributed by atoms with Gasteiger partial charge in [-0.15, -0.1) is 0 Å². The first-order valence-electron chi connectivity index (χ1n) is 10.2. The summed E-state index contributed by atoms with van der Waals surface area (Å²) in [6.07, 6.45) is 1.40. The number of aliphatic hydroxyl groups excluding tert-OH is 1. The number of hydrogen-bond acceptors (Lipinski definition) is 6. The van der Waals surface area contributed by atoms with Crippen LogP contribution in [-0.4, -0.2) is 39.9 Å². The van der Waals surface area contributed by atoms with Gasteiger partial charge in [0, 0.05) is 6.54 Å². The SMILES string of the molecule is COc1c(Cl)cc(C)cc1/C(O)=C1/C(=O)C(=O)N(Cc2ccc(C(=O)O)cc2)C1c1ccco1. The summed E-state index contributed by atoms with van der Waals surface area (Å²) in [6, 6.07) is 11.4. The molecule has 1 atom stereocenters. The smallest absolute Gasteiger partial charge is 0.335 e. The van der Waals surface area contributed by atoms with Crippen LogP contribution in [-0.2, 0) is 16.1 Å². The lowest BCUT2D eigenvalue weighted by Gasteiger charge is -2.23. The molecule has 0 saturated carbocycles. The fraction of sp³-hybridized carbons (Fsp3) is 0.160. The zero-order valence-corrected chi connectivity index (χ0v) is 19.0. The summed E-state index contributed by atoms with van der Waals surface area (Å²) in [5.74, 6) is -2.79. The molecule has 1 aliphatic rings. The van der Waals surface area contributed by atoms with Gasteiger partial charge in [-0.05, 0) is 54.4 Å². The van der Waals surface area contributed by atoms with Crippen LogP contribution >= 0.6 is 11.6 Å². The molecule has 1 amide bonds. The largest absolute Gasteiger partial charge is 0.507 e. The first-order chi connectivity index (χ1) is 16.2. The summed E-state index contributed by atoms with van der Waals surface area (Å²) in [7, 11) is 1.39. The Morgan fingerprint density at radius 2 is 1.85 bits per heavy atom. The van der Waals surface area contributed by atoms with Gasteiger partial charge in [0.2, 0.25) is 0 Å². The summed E-state index contributed by atoms with van der Waals surface area (Å²) >= 11 is 6.28. The van der Waals surface area contributed by atoms with Crippen molar-refractivity contribution in [2.24, 2.45) is 0 Å². The molecule has 1 unspecified atom stereocenters. The molecule has 4 rings (SSSR count). The fourth-order valence-corrected chi connectivity index (χ4v) is 4.34. The Kier molecular flexibility index (Phi) is 6.17. The van der Waals surface area contributed by atoms with E-state index in [0.717, 1.165) is 5.56 Å². The van der Waals surface area contributed by atoms with E-state index in [1.54, 1.807) is 43.3 Å². The van der Waals surface area contributed by atoms with Crippen LogP contribution in [0, 0.1) is 6.92 Å². The quantitative estimate of drug-likeness (QED) is 0.301. The Morgan fingerprint density at radius 1 is 1.15 bits per heavy atom. The molecular formula is C25H20ClNO7. The Labute approximate surface area is 199 Å². The third-order valence-electron chi connectivity index (χ3n) is 5.55. The van der Waals surface area contributed by atoms with Gasteiger partial charge in [0.15, 0.2) is 0 Å². The van der Waals surface area contributed by atoms with Crippen LogP contribution < -0.4 is 4.74 Å². The monoisotopic (exact) mass is 481 g/mol. The maximum absolute atomic E-state index is 13.1. The summed E-state index contributed by atoms with van der Waals surface area (Å²) in [5, 5.41) is 20.6. The molecule has 8 nitrogen and oxygen atoms in total. The van der Waals surface area contributed by atoms with E-state index in [1.165, 1.54) is 30.4 Å². The average molecular weight is 482 g/mol. The fourth-order valence-electron chi connectivity index (χ4n) is 3.99. The predicted molar refractivity (Wildman–Crippen MR) is 123 cm³/mol. The number of halogens is 1. The van der Waals surface area contributed by atoms with Gasteiger partial charge in [-0.3, -0.25) is 9.59 Å². The lowest BCUT2D eigenvalue weighted by atomic mass is 9.97. The lowest BCUT2D eigenvalue weighted by Crippen LogP contribution is -2.29. The van der Waals surface area contributed by atoms with Crippen molar-refractivity contribution < 1.29 is 33.8 Å². The number of carboxylic acids is 1. The molecule has 1 saturated heterocycles. The number of rotatable bonds is 6. The minimum absolute atomic E-state index is 0.0155. The molecule has 0 radical (unpaired) electrons. The second-order valence-electron chi connectivity index (χ2n) is 7.77. The predicted octanol–water partition coefficient (Wildman–Crippen LogP) is 4.57. The van der Waals surface area contributed by atoms with Gasteiger partial charge in [-0.1, -0.05) is 23.7 Å². The summed E-state index contributed by atoms with van der Waals surface area (Å²) in [5.41, 5.74) is 1.42. The first kappa shape index (κ1) is 23.1.